The van der Waals surface area contributed by atoms with Crippen molar-refractivity contribution >= 4 is 23.4 Å². The van der Waals surface area contributed by atoms with Crippen LogP contribution in [0.5, 0.6) is 0 Å². The third-order valence-electron chi connectivity index (χ3n) is 3.19. The van der Waals surface area contributed by atoms with Crippen molar-refractivity contribution in [3.8, 4) is 0 Å². The van der Waals surface area contributed by atoms with Gasteiger partial charge in [0.1, 0.15) is 11.6 Å². The van der Waals surface area contributed by atoms with Crippen LogP contribution in [0.2, 0.25) is 0 Å². The molecule has 7 heteroatoms. The zero-order valence-electron chi connectivity index (χ0n) is 11.4. The summed E-state index contributed by atoms with van der Waals surface area (Å²) in [7, 11) is 0. The van der Waals surface area contributed by atoms with E-state index in [1.165, 1.54) is 37.7 Å². The summed E-state index contributed by atoms with van der Waals surface area (Å²) in [5.74, 6) is 6.86. The number of thioether (sulfide) groups is 1. The van der Waals surface area contributed by atoms with Gasteiger partial charge in [0.05, 0.1) is 0 Å². The molecule has 0 atom stereocenters. The average Bonchev–Trinajstić information content (AvgIpc) is 2.96. The molecule has 0 radical (unpaired) electrons. The average molecular weight is 282 g/mol. The van der Waals surface area contributed by atoms with Crippen LogP contribution in [0.1, 0.15) is 19.3 Å². The number of nitrogens with two attached hydrogens (primary N) is 1. The standard InChI is InChI=1S/C12H22N6S/c1-19-12-15-10(9-11(16-12)17-13)14-5-4-8-18-6-2-3-7-18/h9H,2-8,13H2,1H3,(H2,14,15,16,17). The van der Waals surface area contributed by atoms with E-state index in [9.17, 15) is 0 Å². The monoisotopic (exact) mass is 282 g/mol. The van der Waals surface area contributed by atoms with Crippen LogP contribution in [0.25, 0.3) is 0 Å². The molecule has 0 aliphatic carbocycles. The number of anilines is 2. The number of aromatic nitrogens is 2. The van der Waals surface area contributed by atoms with Crippen molar-refractivity contribution in [1.82, 2.24) is 14.9 Å². The molecule has 1 saturated heterocycles. The highest BCUT2D eigenvalue weighted by Crippen LogP contribution is 2.16. The largest absolute Gasteiger partial charge is 0.370 e. The molecule has 0 saturated carbocycles. The minimum Gasteiger partial charge on any atom is -0.370 e. The normalized spacial score (nSPS) is 15.7. The Morgan fingerprint density at radius 3 is 2.74 bits per heavy atom. The Bertz CT molecular complexity index is 372. The number of hydrogen-bond acceptors (Lipinski definition) is 7. The van der Waals surface area contributed by atoms with Crippen LogP contribution in [0.4, 0.5) is 11.6 Å². The lowest BCUT2D eigenvalue weighted by Crippen LogP contribution is -2.22. The number of rotatable bonds is 7. The first kappa shape index (κ1) is 14.4. The number of likely N-dealkylation sites (tertiary alicyclic amines) is 1. The number of hydrogen-bond donors (Lipinski definition) is 3. The van der Waals surface area contributed by atoms with Crippen molar-refractivity contribution < 1.29 is 0 Å². The summed E-state index contributed by atoms with van der Waals surface area (Å²) in [6, 6.07) is 1.83. The predicted molar refractivity (Wildman–Crippen MR) is 80.4 cm³/mol. The third kappa shape index (κ3) is 4.52. The second-order valence-electron chi connectivity index (χ2n) is 4.60. The number of nitrogen functional groups attached to an aromatic ring is 1. The fourth-order valence-corrected chi connectivity index (χ4v) is 2.59. The van der Waals surface area contributed by atoms with E-state index >= 15 is 0 Å². The van der Waals surface area contributed by atoms with Gasteiger partial charge in [-0.25, -0.2) is 15.8 Å². The summed E-state index contributed by atoms with van der Waals surface area (Å²) in [6.07, 6.45) is 5.78. The van der Waals surface area contributed by atoms with Crippen molar-refractivity contribution in [2.45, 2.75) is 24.4 Å². The van der Waals surface area contributed by atoms with Gasteiger partial charge in [-0.3, -0.25) is 0 Å². The lowest BCUT2D eigenvalue weighted by molar-refractivity contribution is 0.337. The molecule has 2 rings (SSSR count). The maximum Gasteiger partial charge on any atom is 0.191 e. The minimum atomic E-state index is 0.640. The topological polar surface area (TPSA) is 79.1 Å². The van der Waals surface area contributed by atoms with Gasteiger partial charge in [-0.15, -0.1) is 0 Å². The Hall–Kier alpha value is -1.05. The molecule has 1 aliphatic heterocycles. The molecular weight excluding hydrogens is 260 g/mol. The molecule has 0 aromatic carbocycles. The van der Waals surface area contributed by atoms with Gasteiger partial charge in [0.25, 0.3) is 0 Å². The lowest BCUT2D eigenvalue weighted by Gasteiger charge is -2.14. The minimum absolute atomic E-state index is 0.640. The molecule has 19 heavy (non-hydrogen) atoms. The van der Waals surface area contributed by atoms with Crippen LogP contribution in [0.15, 0.2) is 11.2 Å². The third-order valence-corrected chi connectivity index (χ3v) is 3.74. The molecule has 1 aromatic heterocycles. The molecule has 1 aromatic rings. The zero-order valence-corrected chi connectivity index (χ0v) is 12.2. The molecule has 0 unspecified atom stereocenters. The predicted octanol–water partition coefficient (Wildman–Crippen LogP) is 1.38. The molecule has 0 amide bonds. The van der Waals surface area contributed by atoms with E-state index < -0.39 is 0 Å². The molecule has 6 nitrogen and oxygen atoms in total. The maximum absolute atomic E-state index is 5.40. The Labute approximate surface area is 118 Å². The summed E-state index contributed by atoms with van der Waals surface area (Å²) in [5, 5.41) is 4.05. The zero-order chi connectivity index (χ0) is 13.5. The maximum atomic E-state index is 5.40. The highest BCUT2D eigenvalue weighted by molar-refractivity contribution is 7.98. The molecule has 1 fully saturated rings. The fourth-order valence-electron chi connectivity index (χ4n) is 2.21. The van der Waals surface area contributed by atoms with Crippen molar-refractivity contribution in [1.29, 1.82) is 0 Å². The number of nitrogens with zero attached hydrogens (tertiary/aromatic N) is 3. The van der Waals surface area contributed by atoms with Gasteiger partial charge >= 0.3 is 0 Å². The first-order chi connectivity index (χ1) is 9.31. The van der Waals surface area contributed by atoms with Crippen LogP contribution < -0.4 is 16.6 Å². The second-order valence-corrected chi connectivity index (χ2v) is 5.37. The van der Waals surface area contributed by atoms with Crippen LogP contribution in [0, 0.1) is 0 Å². The van der Waals surface area contributed by atoms with Gasteiger partial charge in [-0.2, -0.15) is 0 Å². The van der Waals surface area contributed by atoms with Crippen LogP contribution in [0.3, 0.4) is 0 Å². The fraction of sp³-hybridized carbons (Fsp3) is 0.667. The van der Waals surface area contributed by atoms with Gasteiger partial charge in [0.15, 0.2) is 5.16 Å². The van der Waals surface area contributed by atoms with Crippen molar-refractivity contribution in [2.24, 2.45) is 5.84 Å². The van der Waals surface area contributed by atoms with E-state index in [0.29, 0.717) is 5.82 Å². The molecule has 106 valence electrons. The molecule has 0 spiro atoms. The van der Waals surface area contributed by atoms with Gasteiger partial charge < -0.3 is 15.6 Å². The Balaban J connectivity index is 1.77. The smallest absolute Gasteiger partial charge is 0.191 e. The summed E-state index contributed by atoms with van der Waals surface area (Å²) >= 11 is 1.51. The Kier molecular flexibility index (Phi) is 5.68. The van der Waals surface area contributed by atoms with Crippen LogP contribution >= 0.6 is 11.8 Å². The van der Waals surface area contributed by atoms with Gasteiger partial charge in [-0.1, -0.05) is 11.8 Å². The van der Waals surface area contributed by atoms with E-state index in [0.717, 1.165) is 30.5 Å². The molecule has 2 heterocycles. The quantitative estimate of drug-likeness (QED) is 0.229. The van der Waals surface area contributed by atoms with Gasteiger partial charge in [0, 0.05) is 12.6 Å². The Morgan fingerprint density at radius 2 is 2.05 bits per heavy atom. The lowest BCUT2D eigenvalue weighted by atomic mass is 10.4. The highest BCUT2D eigenvalue weighted by Gasteiger charge is 2.10. The van der Waals surface area contributed by atoms with Crippen LogP contribution in [-0.4, -0.2) is 47.3 Å². The molecule has 0 bridgehead atoms. The van der Waals surface area contributed by atoms with Gasteiger partial charge in [0.2, 0.25) is 0 Å². The molecular formula is C12H22N6S. The number of hydrazine groups is 1. The Morgan fingerprint density at radius 1 is 1.32 bits per heavy atom. The van der Waals surface area contributed by atoms with Crippen molar-refractivity contribution in [2.75, 3.05) is 43.2 Å². The SMILES string of the molecule is CSc1nc(NN)cc(NCCCN2CCCC2)n1. The summed E-state index contributed by atoms with van der Waals surface area (Å²) in [5.41, 5.74) is 2.56. The van der Waals surface area contributed by atoms with E-state index in [1.807, 2.05) is 12.3 Å². The molecule has 4 N–H and O–H groups in total. The van der Waals surface area contributed by atoms with Crippen molar-refractivity contribution in [3.63, 3.8) is 0 Å². The number of nitrogens with one attached hydrogen (secondary N) is 2. The van der Waals surface area contributed by atoms with Crippen LogP contribution in [-0.2, 0) is 0 Å². The summed E-state index contributed by atoms with van der Waals surface area (Å²) < 4.78 is 0. The summed E-state index contributed by atoms with van der Waals surface area (Å²) in [6.45, 7) is 4.59. The van der Waals surface area contributed by atoms with E-state index in [-0.39, 0.29) is 0 Å². The van der Waals surface area contributed by atoms with Gasteiger partial charge in [-0.05, 0) is 45.2 Å². The van der Waals surface area contributed by atoms with E-state index in [2.05, 4.69) is 25.6 Å². The van der Waals surface area contributed by atoms with E-state index in [4.69, 9.17) is 5.84 Å². The highest BCUT2D eigenvalue weighted by atomic mass is 32.2. The molecule has 1 aliphatic rings. The van der Waals surface area contributed by atoms with Crippen molar-refractivity contribution in [3.05, 3.63) is 6.07 Å². The second kappa shape index (κ2) is 7.52. The first-order valence-corrected chi connectivity index (χ1v) is 7.90. The first-order valence-electron chi connectivity index (χ1n) is 6.68. The summed E-state index contributed by atoms with van der Waals surface area (Å²) in [4.78, 5) is 11.1. The van der Waals surface area contributed by atoms with E-state index in [1.54, 1.807) is 0 Å².